The number of nitrogens with zero attached hydrogens (tertiary/aromatic N) is 1. The van der Waals surface area contributed by atoms with Gasteiger partial charge in [-0.05, 0) is 17.6 Å². The summed E-state index contributed by atoms with van der Waals surface area (Å²) >= 11 is 0. The molecule has 11 heavy (non-hydrogen) atoms. The molecule has 5 heteroatoms. The van der Waals surface area contributed by atoms with Gasteiger partial charge in [0.15, 0.2) is 0 Å². The Morgan fingerprint density at radius 1 is 1.45 bits per heavy atom. The smallest absolute Gasteiger partial charge is 0.508 e. The van der Waals surface area contributed by atoms with Crippen LogP contribution in [0.1, 0.15) is 0 Å². The average Bonchev–Trinajstić information content (AvgIpc) is 2.03. The molecule has 0 spiro atoms. The van der Waals surface area contributed by atoms with Gasteiger partial charge in [0.25, 0.3) is 0 Å². The fourth-order valence-electron chi connectivity index (χ4n) is 0.746. The lowest BCUT2D eigenvalue weighted by atomic mass is 9.76. The summed E-state index contributed by atoms with van der Waals surface area (Å²) in [5.41, 5.74) is 0.292. The minimum absolute atomic E-state index is 0.00481. The minimum Gasteiger partial charge on any atom is -0.508 e. The molecule has 0 amide bonds. The molecule has 1 aromatic rings. The Bertz CT molecular complexity index is 266. The number of nitroso groups, excluding NO2 is 1. The van der Waals surface area contributed by atoms with Crippen molar-refractivity contribution in [2.45, 2.75) is 0 Å². The predicted octanol–water partition coefficient (Wildman–Crippen LogP) is -0.154. The maximum atomic E-state index is 9.83. The first-order chi connectivity index (χ1) is 5.24. The molecule has 0 saturated carbocycles. The van der Waals surface area contributed by atoms with Crippen LogP contribution < -0.4 is 5.46 Å². The van der Waals surface area contributed by atoms with E-state index < -0.39 is 7.05 Å². The summed E-state index contributed by atoms with van der Waals surface area (Å²) in [5.74, 6) is 0.00481. The van der Waals surface area contributed by atoms with Gasteiger partial charge < -0.3 is 10.1 Å². The van der Waals surface area contributed by atoms with E-state index in [1.54, 1.807) is 0 Å². The zero-order chi connectivity index (χ0) is 8.27. The van der Waals surface area contributed by atoms with Gasteiger partial charge in [0.1, 0.15) is 5.75 Å². The molecule has 0 aliphatic rings. The van der Waals surface area contributed by atoms with Crippen LogP contribution in [0.25, 0.3) is 0 Å². The summed E-state index contributed by atoms with van der Waals surface area (Å²) in [6.07, 6.45) is 0. The first kappa shape index (κ1) is 7.75. The molecule has 1 aromatic carbocycles. The number of phenolic OH excluding ortho intramolecular Hbond substituents is 1. The highest BCUT2D eigenvalue weighted by Gasteiger charge is 2.15. The number of rotatable bonds is 2. The van der Waals surface area contributed by atoms with E-state index >= 15 is 0 Å². The molecule has 0 atom stereocenters. The Kier molecular flexibility index (Phi) is 2.23. The van der Waals surface area contributed by atoms with E-state index in [1.807, 2.05) is 0 Å². The molecule has 0 aliphatic heterocycles. The largest absolute Gasteiger partial charge is 0.517 e. The van der Waals surface area contributed by atoms with Crippen molar-refractivity contribution in [1.29, 1.82) is 0 Å². The van der Waals surface area contributed by atoms with Crippen LogP contribution in [0.3, 0.4) is 0 Å². The van der Waals surface area contributed by atoms with Crippen molar-refractivity contribution in [2.24, 2.45) is 5.09 Å². The number of hydrogen-bond donors (Lipinski definition) is 2. The third-order valence-electron chi connectivity index (χ3n) is 1.27. The summed E-state index contributed by atoms with van der Waals surface area (Å²) in [5, 5.41) is 20.2. The van der Waals surface area contributed by atoms with E-state index in [-0.39, 0.29) is 5.75 Å². The summed E-state index contributed by atoms with van der Waals surface area (Å²) in [4.78, 5) is 9.83. The summed E-state index contributed by atoms with van der Waals surface area (Å²) in [6, 6.07) is 5.76. The zero-order valence-corrected chi connectivity index (χ0v) is 5.64. The number of phenols is 1. The van der Waals surface area contributed by atoms with Gasteiger partial charge in [0.2, 0.25) is 0 Å². The molecular formula is C6H6BNO3. The van der Waals surface area contributed by atoms with Crippen LogP contribution in [0.15, 0.2) is 29.4 Å². The van der Waals surface area contributed by atoms with Gasteiger partial charge in [0.05, 0.1) is 0 Å². The Morgan fingerprint density at radius 2 is 2.18 bits per heavy atom. The molecular weight excluding hydrogens is 145 g/mol. The van der Waals surface area contributed by atoms with E-state index in [1.165, 1.54) is 24.3 Å². The lowest BCUT2D eigenvalue weighted by Crippen LogP contribution is -2.27. The van der Waals surface area contributed by atoms with Gasteiger partial charge in [-0.25, -0.2) is 0 Å². The zero-order valence-electron chi connectivity index (χ0n) is 5.64. The van der Waals surface area contributed by atoms with Crippen LogP contribution in [-0.4, -0.2) is 17.2 Å². The van der Waals surface area contributed by atoms with Gasteiger partial charge in [0, 0.05) is 0 Å². The monoisotopic (exact) mass is 151 g/mol. The third kappa shape index (κ3) is 1.78. The quantitative estimate of drug-likeness (QED) is 0.455. The Balaban J connectivity index is 2.95. The van der Waals surface area contributed by atoms with Crippen LogP contribution in [0.5, 0.6) is 5.75 Å². The van der Waals surface area contributed by atoms with Gasteiger partial charge in [-0.15, -0.1) is 0 Å². The van der Waals surface area contributed by atoms with Crippen LogP contribution in [0.2, 0.25) is 0 Å². The van der Waals surface area contributed by atoms with E-state index in [2.05, 4.69) is 5.09 Å². The van der Waals surface area contributed by atoms with Gasteiger partial charge in [-0.3, -0.25) is 0 Å². The van der Waals surface area contributed by atoms with E-state index in [4.69, 9.17) is 10.1 Å². The minimum atomic E-state index is -1.39. The van der Waals surface area contributed by atoms with Crippen molar-refractivity contribution in [2.75, 3.05) is 0 Å². The fraction of sp³-hybridized carbons (Fsp3) is 0. The van der Waals surface area contributed by atoms with E-state index in [9.17, 15) is 4.91 Å². The highest BCUT2D eigenvalue weighted by molar-refractivity contribution is 6.64. The van der Waals surface area contributed by atoms with Crippen molar-refractivity contribution < 1.29 is 10.1 Å². The van der Waals surface area contributed by atoms with Gasteiger partial charge in [-0.2, -0.15) is 4.91 Å². The second-order valence-electron chi connectivity index (χ2n) is 2.07. The molecule has 2 N–H and O–H groups in total. The molecule has 0 fully saturated rings. The lowest BCUT2D eigenvalue weighted by Gasteiger charge is -1.96. The standard InChI is InChI=1S/C6H6BNO3/c9-6-3-1-2-5(4-6)7(10)8-11/h1-4,9-10H. The molecule has 0 saturated heterocycles. The molecule has 0 aromatic heterocycles. The van der Waals surface area contributed by atoms with E-state index in [0.717, 1.165) is 0 Å². The van der Waals surface area contributed by atoms with Gasteiger partial charge in [-0.1, -0.05) is 17.2 Å². The van der Waals surface area contributed by atoms with Gasteiger partial charge >= 0.3 is 7.05 Å². The summed E-state index contributed by atoms with van der Waals surface area (Å²) < 4.78 is 0. The maximum absolute atomic E-state index is 9.83. The Labute approximate surface area is 63.6 Å². The van der Waals surface area contributed by atoms with Crippen LogP contribution in [0.4, 0.5) is 0 Å². The topological polar surface area (TPSA) is 69.9 Å². The second-order valence-corrected chi connectivity index (χ2v) is 2.07. The van der Waals surface area contributed by atoms with Crippen molar-refractivity contribution >= 4 is 12.5 Å². The molecule has 0 unspecified atom stereocenters. The summed E-state index contributed by atoms with van der Waals surface area (Å²) in [6.45, 7) is 0. The van der Waals surface area contributed by atoms with Crippen molar-refractivity contribution in [3.8, 4) is 5.75 Å². The third-order valence-corrected chi connectivity index (χ3v) is 1.27. The first-order valence-corrected chi connectivity index (χ1v) is 3.03. The molecule has 56 valence electrons. The molecule has 0 radical (unpaired) electrons. The lowest BCUT2D eigenvalue weighted by molar-refractivity contribution is 0.475. The number of benzene rings is 1. The highest BCUT2D eigenvalue weighted by atomic mass is 16.3. The summed E-state index contributed by atoms with van der Waals surface area (Å²) in [7, 11) is -1.39. The molecule has 0 aliphatic carbocycles. The van der Waals surface area contributed by atoms with Crippen LogP contribution in [-0.2, 0) is 0 Å². The Morgan fingerprint density at radius 3 is 2.73 bits per heavy atom. The Hall–Kier alpha value is -1.36. The van der Waals surface area contributed by atoms with Crippen molar-refractivity contribution in [3.63, 3.8) is 0 Å². The average molecular weight is 151 g/mol. The molecule has 1 rings (SSSR count). The van der Waals surface area contributed by atoms with E-state index in [0.29, 0.717) is 5.46 Å². The molecule has 0 heterocycles. The van der Waals surface area contributed by atoms with Crippen LogP contribution in [0, 0.1) is 4.91 Å². The highest BCUT2D eigenvalue weighted by Crippen LogP contribution is 2.03. The van der Waals surface area contributed by atoms with Crippen molar-refractivity contribution in [3.05, 3.63) is 29.2 Å². The molecule has 4 nitrogen and oxygen atoms in total. The van der Waals surface area contributed by atoms with Crippen LogP contribution >= 0.6 is 0 Å². The fourth-order valence-corrected chi connectivity index (χ4v) is 0.746. The second kappa shape index (κ2) is 3.16. The number of hydrogen-bond acceptors (Lipinski definition) is 4. The maximum Gasteiger partial charge on any atom is 0.517 e. The SMILES string of the molecule is O=NB(O)c1cccc(O)c1. The predicted molar refractivity (Wildman–Crippen MR) is 41.5 cm³/mol. The first-order valence-electron chi connectivity index (χ1n) is 3.03. The molecule has 0 bridgehead atoms. The van der Waals surface area contributed by atoms with Crippen molar-refractivity contribution in [1.82, 2.24) is 0 Å². The number of aromatic hydroxyl groups is 1. The normalized spacial score (nSPS) is 9.18.